The van der Waals surface area contributed by atoms with Crippen molar-refractivity contribution in [3.63, 3.8) is 0 Å². The largest absolute Gasteiger partial charge is 0.573 e. The fraction of sp³-hybridized carbons (Fsp3) is 0.588. The van der Waals surface area contributed by atoms with Gasteiger partial charge in [0.2, 0.25) is 0 Å². The quantitative estimate of drug-likeness (QED) is 0.780. The zero-order chi connectivity index (χ0) is 18.0. The maximum atomic E-state index is 12.6. The summed E-state index contributed by atoms with van der Waals surface area (Å²) in [6, 6.07) is 6.09. The number of hydrogen-bond donors (Lipinski definition) is 0. The van der Waals surface area contributed by atoms with Crippen LogP contribution in [0.2, 0.25) is 0 Å². The molecular formula is C17H22F3NO3. The predicted octanol–water partition coefficient (Wildman–Crippen LogP) is 4.70. The number of hydrogen-bond acceptors (Lipinski definition) is 3. The van der Waals surface area contributed by atoms with Crippen molar-refractivity contribution in [2.75, 3.05) is 13.1 Å². The number of amides is 1. The lowest BCUT2D eigenvalue weighted by Gasteiger charge is -2.34. The highest BCUT2D eigenvalue weighted by Crippen LogP contribution is 2.36. The Hall–Kier alpha value is -1.92. The Morgan fingerprint density at radius 3 is 2.50 bits per heavy atom. The average molecular weight is 345 g/mol. The summed E-state index contributed by atoms with van der Waals surface area (Å²) >= 11 is 0. The number of para-hydroxylation sites is 1. The summed E-state index contributed by atoms with van der Waals surface area (Å²) < 4.78 is 47.2. The van der Waals surface area contributed by atoms with Crippen LogP contribution in [0.1, 0.15) is 45.1 Å². The first-order valence-electron chi connectivity index (χ1n) is 7.88. The summed E-state index contributed by atoms with van der Waals surface area (Å²) in [5.41, 5.74) is -0.149. The molecule has 7 heteroatoms. The van der Waals surface area contributed by atoms with E-state index in [2.05, 4.69) is 4.74 Å². The van der Waals surface area contributed by atoms with Gasteiger partial charge in [0.15, 0.2) is 0 Å². The number of rotatable bonds is 2. The molecule has 1 saturated heterocycles. The average Bonchev–Trinajstić information content (AvgIpc) is 2.44. The molecular weight excluding hydrogens is 323 g/mol. The molecule has 134 valence electrons. The lowest BCUT2D eigenvalue weighted by Crippen LogP contribution is -2.42. The molecule has 0 radical (unpaired) electrons. The zero-order valence-corrected chi connectivity index (χ0v) is 14.0. The Kier molecular flexibility index (Phi) is 5.30. The number of halogens is 3. The number of benzene rings is 1. The smallest absolute Gasteiger partial charge is 0.444 e. The summed E-state index contributed by atoms with van der Waals surface area (Å²) in [5, 5.41) is 0. The topological polar surface area (TPSA) is 38.8 Å². The summed E-state index contributed by atoms with van der Waals surface area (Å²) in [7, 11) is 0. The molecule has 2 rings (SSSR count). The highest BCUT2D eigenvalue weighted by molar-refractivity contribution is 5.68. The van der Waals surface area contributed by atoms with Gasteiger partial charge in [-0.25, -0.2) is 4.79 Å². The van der Waals surface area contributed by atoms with Crippen LogP contribution in [0.5, 0.6) is 5.75 Å². The van der Waals surface area contributed by atoms with E-state index in [-0.39, 0.29) is 11.7 Å². The Labute approximate surface area is 139 Å². The molecule has 1 unspecified atom stereocenters. The van der Waals surface area contributed by atoms with Gasteiger partial charge in [0, 0.05) is 19.0 Å². The number of carbonyl (C=O) groups is 1. The van der Waals surface area contributed by atoms with Crippen molar-refractivity contribution in [2.45, 2.75) is 51.5 Å². The number of carbonyl (C=O) groups excluding carboxylic acids is 1. The van der Waals surface area contributed by atoms with Crippen LogP contribution < -0.4 is 4.74 Å². The third-order valence-electron chi connectivity index (χ3n) is 3.66. The number of likely N-dealkylation sites (tertiary alicyclic amines) is 1. The van der Waals surface area contributed by atoms with Gasteiger partial charge in [0.05, 0.1) is 0 Å². The Morgan fingerprint density at radius 2 is 1.88 bits per heavy atom. The minimum atomic E-state index is -4.74. The second-order valence-electron chi connectivity index (χ2n) is 6.85. The van der Waals surface area contributed by atoms with E-state index < -0.39 is 18.1 Å². The molecule has 1 aromatic rings. The summed E-state index contributed by atoms with van der Waals surface area (Å²) in [6.07, 6.45) is -3.79. The molecule has 1 aliphatic rings. The van der Waals surface area contributed by atoms with Crippen molar-refractivity contribution in [1.29, 1.82) is 0 Å². The molecule has 0 bridgehead atoms. The van der Waals surface area contributed by atoms with Crippen LogP contribution in [0.4, 0.5) is 18.0 Å². The lowest BCUT2D eigenvalue weighted by atomic mass is 9.90. The Bertz CT molecular complexity index is 581. The molecule has 1 atom stereocenters. The Morgan fingerprint density at radius 1 is 1.21 bits per heavy atom. The van der Waals surface area contributed by atoms with Crippen LogP contribution in [0.3, 0.4) is 0 Å². The highest BCUT2D eigenvalue weighted by Gasteiger charge is 2.34. The summed E-state index contributed by atoms with van der Waals surface area (Å²) in [6.45, 7) is 6.18. The van der Waals surface area contributed by atoms with E-state index in [0.29, 0.717) is 31.5 Å². The molecule has 1 aromatic carbocycles. The highest BCUT2D eigenvalue weighted by atomic mass is 19.4. The van der Waals surface area contributed by atoms with Gasteiger partial charge < -0.3 is 14.4 Å². The molecule has 1 amide bonds. The van der Waals surface area contributed by atoms with Crippen molar-refractivity contribution >= 4 is 6.09 Å². The van der Waals surface area contributed by atoms with Gasteiger partial charge >= 0.3 is 12.5 Å². The zero-order valence-electron chi connectivity index (χ0n) is 14.0. The van der Waals surface area contributed by atoms with E-state index in [1.54, 1.807) is 37.8 Å². The predicted molar refractivity (Wildman–Crippen MR) is 82.9 cm³/mol. The lowest BCUT2D eigenvalue weighted by molar-refractivity contribution is -0.275. The number of alkyl halides is 3. The van der Waals surface area contributed by atoms with E-state index in [1.165, 1.54) is 12.1 Å². The maximum Gasteiger partial charge on any atom is 0.573 e. The van der Waals surface area contributed by atoms with Crippen molar-refractivity contribution < 1.29 is 27.4 Å². The van der Waals surface area contributed by atoms with Crippen molar-refractivity contribution in [1.82, 2.24) is 4.90 Å². The van der Waals surface area contributed by atoms with Gasteiger partial charge in [-0.15, -0.1) is 13.2 Å². The third-order valence-corrected chi connectivity index (χ3v) is 3.66. The van der Waals surface area contributed by atoms with Gasteiger partial charge in [-0.3, -0.25) is 0 Å². The van der Waals surface area contributed by atoms with Gasteiger partial charge in [0.1, 0.15) is 11.4 Å². The van der Waals surface area contributed by atoms with E-state index in [0.717, 1.165) is 0 Å². The second-order valence-corrected chi connectivity index (χ2v) is 6.85. The first-order chi connectivity index (χ1) is 11.1. The van der Waals surface area contributed by atoms with Crippen LogP contribution in [0, 0.1) is 0 Å². The monoisotopic (exact) mass is 345 g/mol. The SMILES string of the molecule is CC(C)(C)OC(=O)N1CCCC(c2ccccc2OC(F)(F)F)C1. The van der Waals surface area contributed by atoms with Crippen molar-refractivity contribution in [3.8, 4) is 5.75 Å². The molecule has 1 fully saturated rings. The number of ether oxygens (including phenoxy) is 2. The number of nitrogens with zero attached hydrogens (tertiary/aromatic N) is 1. The molecule has 24 heavy (non-hydrogen) atoms. The van der Waals surface area contributed by atoms with E-state index in [4.69, 9.17) is 4.74 Å². The first kappa shape index (κ1) is 18.4. The Balaban J connectivity index is 2.14. The van der Waals surface area contributed by atoms with Gasteiger partial charge in [0.25, 0.3) is 0 Å². The maximum absolute atomic E-state index is 12.6. The minimum absolute atomic E-state index is 0.207. The van der Waals surface area contributed by atoms with E-state index in [1.807, 2.05) is 0 Å². The molecule has 0 spiro atoms. The minimum Gasteiger partial charge on any atom is -0.444 e. The standard InChI is InChI=1S/C17H22F3NO3/c1-16(2,3)24-15(22)21-10-6-7-12(11-21)13-8-4-5-9-14(13)23-17(18,19)20/h4-5,8-9,12H,6-7,10-11H2,1-3H3. The van der Waals surface area contributed by atoms with Gasteiger partial charge in [-0.05, 0) is 45.2 Å². The second kappa shape index (κ2) is 6.91. The number of piperidine rings is 1. The van der Waals surface area contributed by atoms with Crippen LogP contribution in [-0.2, 0) is 4.74 Å². The van der Waals surface area contributed by atoms with Crippen molar-refractivity contribution in [2.24, 2.45) is 0 Å². The van der Waals surface area contributed by atoms with E-state index in [9.17, 15) is 18.0 Å². The van der Waals surface area contributed by atoms with E-state index >= 15 is 0 Å². The normalized spacial score (nSPS) is 19.1. The van der Waals surface area contributed by atoms with Gasteiger partial charge in [-0.2, -0.15) is 0 Å². The van der Waals surface area contributed by atoms with Gasteiger partial charge in [-0.1, -0.05) is 18.2 Å². The molecule has 4 nitrogen and oxygen atoms in total. The first-order valence-corrected chi connectivity index (χ1v) is 7.88. The molecule has 0 saturated carbocycles. The molecule has 0 aliphatic carbocycles. The fourth-order valence-electron chi connectivity index (χ4n) is 2.76. The molecule has 0 aromatic heterocycles. The molecule has 1 heterocycles. The molecule has 0 N–H and O–H groups in total. The summed E-state index contributed by atoms with van der Waals surface area (Å²) in [5.74, 6) is -0.425. The van der Waals surface area contributed by atoms with Crippen LogP contribution in [0.15, 0.2) is 24.3 Å². The third kappa shape index (κ3) is 5.32. The fourth-order valence-corrected chi connectivity index (χ4v) is 2.76. The van der Waals surface area contributed by atoms with Crippen molar-refractivity contribution in [3.05, 3.63) is 29.8 Å². The van der Waals surface area contributed by atoms with Crippen LogP contribution in [0.25, 0.3) is 0 Å². The summed E-state index contributed by atoms with van der Waals surface area (Å²) in [4.78, 5) is 13.7. The van der Waals surface area contributed by atoms with Crippen LogP contribution >= 0.6 is 0 Å². The van der Waals surface area contributed by atoms with Crippen LogP contribution in [-0.4, -0.2) is 36.0 Å². The molecule has 1 aliphatic heterocycles.